The molecule has 0 saturated carbocycles. The summed E-state index contributed by atoms with van der Waals surface area (Å²) in [5.41, 5.74) is 0. The lowest BCUT2D eigenvalue weighted by molar-refractivity contribution is 0.142. The Labute approximate surface area is 113 Å². The summed E-state index contributed by atoms with van der Waals surface area (Å²) < 4.78 is 31.4. The Morgan fingerprint density at radius 1 is 1.42 bits per heavy atom. The van der Waals surface area contributed by atoms with E-state index in [4.69, 9.17) is 9.52 Å². The van der Waals surface area contributed by atoms with Gasteiger partial charge in [0, 0.05) is 25.7 Å². The minimum atomic E-state index is -3.59. The molecular formula is C12H20N2O4S. The molecule has 1 aromatic rings. The van der Waals surface area contributed by atoms with Crippen LogP contribution in [0.2, 0.25) is 0 Å². The Kier molecular flexibility index (Phi) is 4.29. The molecule has 0 spiro atoms. The van der Waals surface area contributed by atoms with Crippen LogP contribution in [0.4, 0.5) is 0 Å². The van der Waals surface area contributed by atoms with Crippen molar-refractivity contribution in [3.8, 4) is 0 Å². The number of furan rings is 1. The molecule has 7 heteroatoms. The second-order valence-electron chi connectivity index (χ2n) is 4.78. The maximum Gasteiger partial charge on any atom is 0.276 e. The van der Waals surface area contributed by atoms with Gasteiger partial charge in [-0.1, -0.05) is 6.92 Å². The lowest BCUT2D eigenvalue weighted by Crippen LogP contribution is -2.52. The molecule has 1 saturated heterocycles. The minimum absolute atomic E-state index is 0.0871. The van der Waals surface area contributed by atoms with E-state index in [9.17, 15) is 8.42 Å². The summed E-state index contributed by atoms with van der Waals surface area (Å²) in [6.45, 7) is 3.41. The number of nitrogens with zero attached hydrogens (tertiary/aromatic N) is 2. The van der Waals surface area contributed by atoms with Gasteiger partial charge in [-0.2, -0.15) is 4.31 Å². The van der Waals surface area contributed by atoms with Crippen molar-refractivity contribution in [2.24, 2.45) is 0 Å². The van der Waals surface area contributed by atoms with Gasteiger partial charge >= 0.3 is 0 Å². The molecule has 0 aliphatic carbocycles. The van der Waals surface area contributed by atoms with Gasteiger partial charge in [0.05, 0.1) is 0 Å². The first-order valence-electron chi connectivity index (χ1n) is 6.39. The zero-order chi connectivity index (χ0) is 14.0. The highest BCUT2D eigenvalue weighted by Gasteiger charge is 2.33. The van der Waals surface area contributed by atoms with Crippen LogP contribution < -0.4 is 0 Å². The second kappa shape index (κ2) is 5.62. The number of aliphatic hydroxyl groups excluding tert-OH is 1. The van der Waals surface area contributed by atoms with Crippen LogP contribution >= 0.6 is 0 Å². The number of hydrogen-bond donors (Lipinski definition) is 1. The summed E-state index contributed by atoms with van der Waals surface area (Å²) in [5, 5.41) is 8.85. The van der Waals surface area contributed by atoms with Crippen molar-refractivity contribution in [1.29, 1.82) is 0 Å². The molecule has 1 fully saturated rings. The molecule has 6 nitrogen and oxygen atoms in total. The standard InChI is InChI=1S/C12H20N2O4S/c1-3-10-8-14(7-6-13(10)2)19(16,17)12-5-4-11(9-15)18-12/h4-5,10,15H,3,6-9H2,1-2H3. The van der Waals surface area contributed by atoms with E-state index in [1.165, 1.54) is 16.4 Å². The summed E-state index contributed by atoms with van der Waals surface area (Å²) in [6, 6.07) is 3.12. The molecule has 0 amide bonds. The Hall–Kier alpha value is -0.890. The van der Waals surface area contributed by atoms with Gasteiger partial charge < -0.3 is 14.4 Å². The average Bonchev–Trinajstić information content (AvgIpc) is 2.88. The fraction of sp³-hybridized carbons (Fsp3) is 0.667. The Balaban J connectivity index is 2.20. The number of rotatable bonds is 4. The Morgan fingerprint density at radius 2 is 2.16 bits per heavy atom. The first-order chi connectivity index (χ1) is 8.98. The van der Waals surface area contributed by atoms with Gasteiger partial charge in [-0.3, -0.25) is 0 Å². The fourth-order valence-corrected chi connectivity index (χ4v) is 3.68. The van der Waals surface area contributed by atoms with Gasteiger partial charge in [0.1, 0.15) is 12.4 Å². The van der Waals surface area contributed by atoms with E-state index in [-0.39, 0.29) is 23.5 Å². The highest BCUT2D eigenvalue weighted by molar-refractivity contribution is 7.89. The van der Waals surface area contributed by atoms with Gasteiger partial charge in [-0.25, -0.2) is 8.42 Å². The van der Waals surface area contributed by atoms with Crippen molar-refractivity contribution in [2.75, 3.05) is 26.7 Å². The van der Waals surface area contributed by atoms with Crippen LogP contribution in [-0.4, -0.2) is 55.5 Å². The molecule has 0 radical (unpaired) electrons. The largest absolute Gasteiger partial charge is 0.446 e. The lowest BCUT2D eigenvalue weighted by Gasteiger charge is -2.37. The third-order valence-corrected chi connectivity index (χ3v) is 5.34. The number of piperazine rings is 1. The average molecular weight is 288 g/mol. The van der Waals surface area contributed by atoms with Gasteiger partial charge in [0.2, 0.25) is 5.09 Å². The zero-order valence-electron chi connectivity index (χ0n) is 11.2. The molecule has 1 aromatic heterocycles. The SMILES string of the molecule is CCC1CN(S(=O)(=O)c2ccc(CO)o2)CCN1C. The van der Waals surface area contributed by atoms with Crippen LogP contribution in [0.25, 0.3) is 0 Å². The number of aliphatic hydroxyl groups is 1. The second-order valence-corrected chi connectivity index (χ2v) is 6.65. The minimum Gasteiger partial charge on any atom is -0.446 e. The van der Waals surface area contributed by atoms with Crippen molar-refractivity contribution in [2.45, 2.75) is 31.1 Å². The smallest absolute Gasteiger partial charge is 0.276 e. The highest BCUT2D eigenvalue weighted by atomic mass is 32.2. The van der Waals surface area contributed by atoms with E-state index in [2.05, 4.69) is 4.90 Å². The molecule has 19 heavy (non-hydrogen) atoms. The number of likely N-dealkylation sites (N-methyl/N-ethyl adjacent to an activating group) is 1. The molecule has 1 aliphatic rings. The first kappa shape index (κ1) is 14.5. The topological polar surface area (TPSA) is 74.0 Å². The maximum absolute atomic E-state index is 12.4. The van der Waals surface area contributed by atoms with Gasteiger partial charge in [0.25, 0.3) is 10.0 Å². The molecule has 2 rings (SSSR count). The zero-order valence-corrected chi connectivity index (χ0v) is 12.1. The summed E-state index contributed by atoms with van der Waals surface area (Å²) in [7, 11) is -1.58. The van der Waals surface area contributed by atoms with Crippen LogP contribution in [-0.2, 0) is 16.6 Å². The number of sulfonamides is 1. The molecule has 1 aliphatic heterocycles. The lowest BCUT2D eigenvalue weighted by atomic mass is 10.1. The molecule has 2 heterocycles. The molecule has 1 N–H and O–H groups in total. The Morgan fingerprint density at radius 3 is 2.74 bits per heavy atom. The number of hydrogen-bond acceptors (Lipinski definition) is 5. The van der Waals surface area contributed by atoms with Crippen LogP contribution in [0.15, 0.2) is 21.6 Å². The van der Waals surface area contributed by atoms with Crippen molar-refractivity contribution in [3.63, 3.8) is 0 Å². The first-order valence-corrected chi connectivity index (χ1v) is 7.83. The molecule has 0 aromatic carbocycles. The van der Waals surface area contributed by atoms with Gasteiger partial charge in [0.15, 0.2) is 0 Å². The van der Waals surface area contributed by atoms with Crippen LogP contribution in [0.1, 0.15) is 19.1 Å². The highest BCUT2D eigenvalue weighted by Crippen LogP contribution is 2.22. The summed E-state index contributed by atoms with van der Waals surface area (Å²) in [6.07, 6.45) is 0.905. The predicted octanol–water partition coefficient (Wildman–Crippen LogP) is 0.487. The van der Waals surface area contributed by atoms with E-state index >= 15 is 0 Å². The van der Waals surface area contributed by atoms with Gasteiger partial charge in [-0.15, -0.1) is 0 Å². The van der Waals surface area contributed by atoms with Crippen LogP contribution in [0, 0.1) is 0 Å². The Bertz CT molecular complexity index is 526. The molecule has 1 atom stereocenters. The van der Waals surface area contributed by atoms with E-state index in [1.807, 2.05) is 14.0 Å². The van der Waals surface area contributed by atoms with E-state index < -0.39 is 10.0 Å². The van der Waals surface area contributed by atoms with E-state index in [1.54, 1.807) is 0 Å². The van der Waals surface area contributed by atoms with Gasteiger partial charge in [-0.05, 0) is 25.6 Å². The monoisotopic (exact) mass is 288 g/mol. The molecule has 0 bridgehead atoms. The van der Waals surface area contributed by atoms with E-state index in [0.717, 1.165) is 6.42 Å². The fourth-order valence-electron chi connectivity index (χ4n) is 2.29. The summed E-state index contributed by atoms with van der Waals surface area (Å²) in [5.74, 6) is 0.264. The molecular weight excluding hydrogens is 268 g/mol. The maximum atomic E-state index is 12.4. The van der Waals surface area contributed by atoms with Crippen molar-refractivity contribution < 1.29 is 17.9 Å². The van der Waals surface area contributed by atoms with E-state index in [0.29, 0.717) is 19.6 Å². The van der Waals surface area contributed by atoms with Crippen LogP contribution in [0.3, 0.4) is 0 Å². The normalized spacial score (nSPS) is 22.8. The summed E-state index contributed by atoms with van der Waals surface area (Å²) in [4.78, 5) is 2.17. The summed E-state index contributed by atoms with van der Waals surface area (Å²) >= 11 is 0. The molecule has 108 valence electrons. The van der Waals surface area contributed by atoms with Crippen LogP contribution in [0.5, 0.6) is 0 Å². The third kappa shape index (κ3) is 2.84. The quantitative estimate of drug-likeness (QED) is 0.872. The van der Waals surface area contributed by atoms with Crippen molar-refractivity contribution in [1.82, 2.24) is 9.21 Å². The van der Waals surface area contributed by atoms with Crippen molar-refractivity contribution in [3.05, 3.63) is 17.9 Å². The van der Waals surface area contributed by atoms with Crippen molar-refractivity contribution >= 4 is 10.0 Å². The molecule has 1 unspecified atom stereocenters. The predicted molar refractivity (Wildman–Crippen MR) is 70.1 cm³/mol. The third-order valence-electron chi connectivity index (χ3n) is 3.60.